The van der Waals surface area contributed by atoms with Gasteiger partial charge in [0.15, 0.2) is 0 Å². The molecule has 3 aromatic rings. The maximum atomic E-state index is 13.6. The van der Waals surface area contributed by atoms with Crippen LogP contribution in [0.15, 0.2) is 84.9 Å². The highest BCUT2D eigenvalue weighted by atomic mass is 16.2. The summed E-state index contributed by atoms with van der Waals surface area (Å²) in [6.45, 7) is 5.17. The summed E-state index contributed by atoms with van der Waals surface area (Å²) in [7, 11) is 0. The topological polar surface area (TPSA) is 49.4 Å². The molecule has 0 radical (unpaired) electrons. The van der Waals surface area contributed by atoms with Crippen molar-refractivity contribution >= 4 is 11.8 Å². The molecule has 0 aliphatic rings. The number of nitrogens with one attached hydrogen (secondary N) is 1. The molecule has 0 spiro atoms. The van der Waals surface area contributed by atoms with Crippen LogP contribution in [0.4, 0.5) is 0 Å². The van der Waals surface area contributed by atoms with E-state index in [2.05, 4.69) is 36.5 Å². The summed E-state index contributed by atoms with van der Waals surface area (Å²) in [5.74, 6) is -0.0988. The van der Waals surface area contributed by atoms with E-state index in [1.807, 2.05) is 67.6 Å². The number of hydrogen-bond acceptors (Lipinski definition) is 2. The summed E-state index contributed by atoms with van der Waals surface area (Å²) in [6.07, 6.45) is 3.36. The number of aryl methyl sites for hydroxylation is 2. The van der Waals surface area contributed by atoms with Gasteiger partial charge in [-0.1, -0.05) is 98.8 Å². The van der Waals surface area contributed by atoms with Crippen LogP contribution in [0.25, 0.3) is 0 Å². The summed E-state index contributed by atoms with van der Waals surface area (Å²) in [5, 5.41) is 3.03. The quantitative estimate of drug-likeness (QED) is 0.399. The van der Waals surface area contributed by atoms with Crippen molar-refractivity contribution < 1.29 is 9.59 Å². The van der Waals surface area contributed by atoms with Crippen molar-refractivity contribution in [2.45, 2.75) is 58.5 Å². The molecule has 178 valence electrons. The number of carbonyl (C=O) groups is 2. The molecule has 4 nitrogen and oxygen atoms in total. The van der Waals surface area contributed by atoms with Crippen LogP contribution in [0, 0.1) is 0 Å². The number of carbonyl (C=O) groups excluding carboxylic acids is 2. The Bertz CT molecular complexity index is 1020. The molecule has 1 atom stereocenters. The van der Waals surface area contributed by atoms with Crippen LogP contribution >= 0.6 is 0 Å². The lowest BCUT2D eigenvalue weighted by Gasteiger charge is -2.31. The van der Waals surface area contributed by atoms with Crippen molar-refractivity contribution in [3.8, 4) is 0 Å². The third-order valence-electron chi connectivity index (χ3n) is 6.07. The number of amides is 2. The van der Waals surface area contributed by atoms with Gasteiger partial charge in [-0.05, 0) is 41.5 Å². The van der Waals surface area contributed by atoms with Crippen LogP contribution in [-0.4, -0.2) is 29.3 Å². The van der Waals surface area contributed by atoms with E-state index in [1.165, 1.54) is 5.56 Å². The van der Waals surface area contributed by atoms with E-state index in [0.717, 1.165) is 29.5 Å². The van der Waals surface area contributed by atoms with Gasteiger partial charge in [-0.15, -0.1) is 0 Å². The van der Waals surface area contributed by atoms with E-state index in [4.69, 9.17) is 0 Å². The zero-order valence-corrected chi connectivity index (χ0v) is 20.4. The lowest BCUT2D eigenvalue weighted by Crippen LogP contribution is -2.50. The minimum atomic E-state index is -0.566. The van der Waals surface area contributed by atoms with E-state index in [0.29, 0.717) is 32.4 Å². The second kappa shape index (κ2) is 13.3. The minimum absolute atomic E-state index is 0.00370. The Morgan fingerprint density at radius 1 is 0.765 bits per heavy atom. The van der Waals surface area contributed by atoms with Gasteiger partial charge in [-0.2, -0.15) is 0 Å². The van der Waals surface area contributed by atoms with Crippen molar-refractivity contribution in [2.24, 2.45) is 0 Å². The summed E-state index contributed by atoms with van der Waals surface area (Å²) in [6, 6.07) is 27.7. The standard InChI is InChI=1S/C30H36N2O2/c1-3-21-31-30(34)28(22-26-11-7-5-8-12-26)32(23-27-13-9-6-10-14-27)29(33)20-19-25-17-15-24(4-2)16-18-25/h5-18,28H,3-4,19-23H2,1-2H3,(H,31,34)/t28-/m0/s1. The highest BCUT2D eigenvalue weighted by molar-refractivity contribution is 5.88. The Morgan fingerprint density at radius 3 is 1.94 bits per heavy atom. The molecule has 0 fully saturated rings. The zero-order valence-electron chi connectivity index (χ0n) is 20.4. The molecule has 0 saturated carbocycles. The first-order valence-electron chi connectivity index (χ1n) is 12.3. The molecular formula is C30H36N2O2. The first-order chi connectivity index (χ1) is 16.6. The lowest BCUT2D eigenvalue weighted by atomic mass is 10.0. The van der Waals surface area contributed by atoms with Crippen molar-refractivity contribution in [3.05, 3.63) is 107 Å². The van der Waals surface area contributed by atoms with Crippen LogP contribution in [0.1, 0.15) is 48.9 Å². The van der Waals surface area contributed by atoms with Crippen LogP contribution in [0.2, 0.25) is 0 Å². The number of hydrogen-bond donors (Lipinski definition) is 1. The monoisotopic (exact) mass is 456 g/mol. The Morgan fingerprint density at radius 2 is 1.35 bits per heavy atom. The van der Waals surface area contributed by atoms with E-state index < -0.39 is 6.04 Å². The average molecular weight is 457 g/mol. The molecule has 34 heavy (non-hydrogen) atoms. The van der Waals surface area contributed by atoms with Crippen molar-refractivity contribution in [1.29, 1.82) is 0 Å². The number of nitrogens with zero attached hydrogens (tertiary/aromatic N) is 1. The Hall–Kier alpha value is -3.40. The van der Waals surface area contributed by atoms with E-state index in [-0.39, 0.29) is 11.8 Å². The normalized spacial score (nSPS) is 11.6. The summed E-state index contributed by atoms with van der Waals surface area (Å²) in [4.78, 5) is 28.7. The van der Waals surface area contributed by atoms with Gasteiger partial charge in [0.2, 0.25) is 11.8 Å². The molecule has 0 aliphatic carbocycles. The van der Waals surface area contributed by atoms with E-state index >= 15 is 0 Å². The van der Waals surface area contributed by atoms with Crippen LogP contribution in [-0.2, 0) is 35.4 Å². The number of benzene rings is 3. The molecule has 0 saturated heterocycles. The summed E-state index contributed by atoms with van der Waals surface area (Å²) < 4.78 is 0. The van der Waals surface area contributed by atoms with E-state index in [9.17, 15) is 9.59 Å². The highest BCUT2D eigenvalue weighted by Gasteiger charge is 2.30. The van der Waals surface area contributed by atoms with Gasteiger partial charge in [-0.3, -0.25) is 9.59 Å². The average Bonchev–Trinajstić information content (AvgIpc) is 2.89. The molecule has 2 amide bonds. The SMILES string of the molecule is CCCNC(=O)[C@H](Cc1ccccc1)N(Cc1ccccc1)C(=O)CCc1ccc(CC)cc1. The van der Waals surface area contributed by atoms with Gasteiger partial charge >= 0.3 is 0 Å². The van der Waals surface area contributed by atoms with Gasteiger partial charge in [0.25, 0.3) is 0 Å². The first-order valence-corrected chi connectivity index (χ1v) is 12.3. The number of rotatable bonds is 12. The molecule has 4 heteroatoms. The molecular weight excluding hydrogens is 420 g/mol. The van der Waals surface area contributed by atoms with Gasteiger partial charge in [0.05, 0.1) is 0 Å². The van der Waals surface area contributed by atoms with Crippen LogP contribution in [0.3, 0.4) is 0 Å². The maximum absolute atomic E-state index is 13.6. The van der Waals surface area contributed by atoms with Gasteiger partial charge < -0.3 is 10.2 Å². The molecule has 3 aromatic carbocycles. The summed E-state index contributed by atoms with van der Waals surface area (Å²) >= 11 is 0. The van der Waals surface area contributed by atoms with Crippen molar-refractivity contribution in [1.82, 2.24) is 10.2 Å². The molecule has 0 aliphatic heterocycles. The molecule has 0 unspecified atom stereocenters. The fraction of sp³-hybridized carbons (Fsp3) is 0.333. The third kappa shape index (κ3) is 7.58. The molecule has 0 aromatic heterocycles. The minimum Gasteiger partial charge on any atom is -0.354 e. The Labute approximate surface area is 204 Å². The van der Waals surface area contributed by atoms with Crippen molar-refractivity contribution in [2.75, 3.05) is 6.54 Å². The van der Waals surface area contributed by atoms with Gasteiger partial charge in [0, 0.05) is 25.9 Å². The van der Waals surface area contributed by atoms with Gasteiger partial charge in [-0.25, -0.2) is 0 Å². The first kappa shape index (κ1) is 25.2. The maximum Gasteiger partial charge on any atom is 0.243 e. The predicted molar refractivity (Wildman–Crippen MR) is 138 cm³/mol. The fourth-order valence-electron chi connectivity index (χ4n) is 4.04. The van der Waals surface area contributed by atoms with Crippen molar-refractivity contribution in [3.63, 3.8) is 0 Å². The second-order valence-electron chi connectivity index (χ2n) is 8.67. The third-order valence-corrected chi connectivity index (χ3v) is 6.07. The zero-order chi connectivity index (χ0) is 24.2. The highest BCUT2D eigenvalue weighted by Crippen LogP contribution is 2.17. The van der Waals surface area contributed by atoms with Gasteiger partial charge in [0.1, 0.15) is 6.04 Å². The Balaban J connectivity index is 1.84. The molecule has 3 rings (SSSR count). The largest absolute Gasteiger partial charge is 0.354 e. The molecule has 0 bridgehead atoms. The van der Waals surface area contributed by atoms with E-state index in [1.54, 1.807) is 4.90 Å². The Kier molecular flexibility index (Phi) is 9.90. The molecule has 1 N–H and O–H groups in total. The second-order valence-corrected chi connectivity index (χ2v) is 8.67. The summed E-state index contributed by atoms with van der Waals surface area (Å²) in [5.41, 5.74) is 4.49. The predicted octanol–water partition coefficient (Wildman–Crippen LogP) is 5.35. The van der Waals surface area contributed by atoms with Crippen LogP contribution < -0.4 is 5.32 Å². The molecule has 0 heterocycles. The smallest absolute Gasteiger partial charge is 0.243 e. The fourth-order valence-corrected chi connectivity index (χ4v) is 4.04. The van der Waals surface area contributed by atoms with Crippen LogP contribution in [0.5, 0.6) is 0 Å². The lowest BCUT2D eigenvalue weighted by molar-refractivity contribution is -0.141.